The molecule has 0 radical (unpaired) electrons. The van der Waals surface area contributed by atoms with E-state index in [-0.39, 0.29) is 24.2 Å². The third-order valence-corrected chi connectivity index (χ3v) is 3.52. The zero-order valence-electron chi connectivity index (χ0n) is 11.9. The van der Waals surface area contributed by atoms with Gasteiger partial charge in [-0.05, 0) is 37.0 Å². The van der Waals surface area contributed by atoms with Gasteiger partial charge in [0.05, 0.1) is 18.3 Å². The van der Waals surface area contributed by atoms with Crippen LogP contribution < -0.4 is 0 Å². The normalized spacial score (nSPS) is 21.8. The van der Waals surface area contributed by atoms with Gasteiger partial charge in [-0.1, -0.05) is 19.1 Å². The summed E-state index contributed by atoms with van der Waals surface area (Å²) in [5.41, 5.74) is -0.301. The van der Waals surface area contributed by atoms with Crippen molar-refractivity contribution < 1.29 is 27.4 Å². The number of hydrogen-bond donors (Lipinski definition) is 0. The second kappa shape index (κ2) is 6.05. The van der Waals surface area contributed by atoms with Crippen LogP contribution in [0.25, 0.3) is 0 Å². The number of hydrogen-bond acceptors (Lipinski definition) is 3. The third-order valence-electron chi connectivity index (χ3n) is 3.52. The van der Waals surface area contributed by atoms with Crippen LogP contribution in [-0.2, 0) is 26.9 Å². The van der Waals surface area contributed by atoms with Crippen molar-refractivity contribution in [3.8, 4) is 0 Å². The van der Waals surface area contributed by atoms with Crippen LogP contribution in [0.1, 0.15) is 43.1 Å². The number of fused-ring (bicyclic) bond motifs is 1. The molecule has 1 heterocycles. The monoisotopic (exact) mass is 302 g/mol. The first-order chi connectivity index (χ1) is 9.88. The van der Waals surface area contributed by atoms with Gasteiger partial charge in [0.2, 0.25) is 0 Å². The predicted octanol–water partition coefficient (Wildman–Crippen LogP) is 3.66. The summed E-state index contributed by atoms with van der Waals surface area (Å²) in [6.45, 7) is 3.61. The number of rotatable bonds is 3. The fourth-order valence-electron chi connectivity index (χ4n) is 2.53. The van der Waals surface area contributed by atoms with Crippen LogP contribution in [0.5, 0.6) is 0 Å². The molecule has 0 N–H and O–H groups in total. The van der Waals surface area contributed by atoms with Crippen molar-refractivity contribution in [3.05, 3.63) is 34.9 Å². The second-order valence-corrected chi connectivity index (χ2v) is 4.87. The fourth-order valence-corrected chi connectivity index (χ4v) is 2.53. The third kappa shape index (κ3) is 3.20. The van der Waals surface area contributed by atoms with Crippen molar-refractivity contribution in [2.45, 2.75) is 45.1 Å². The highest BCUT2D eigenvalue weighted by Crippen LogP contribution is 2.40. The molecule has 0 aromatic heterocycles. The molecule has 0 aliphatic carbocycles. The van der Waals surface area contributed by atoms with E-state index in [9.17, 15) is 18.0 Å². The molecule has 1 unspecified atom stereocenters. The van der Waals surface area contributed by atoms with E-state index in [1.54, 1.807) is 6.92 Å². The van der Waals surface area contributed by atoms with E-state index in [1.807, 2.05) is 6.92 Å². The standard InChI is InChI=1S/C15H17F3O3/c1-3-9-8-11-10(13(21-9)14(19)20-4-2)6-5-7-12(11)15(16,17)18/h5-7,9,13H,3-4,8H2,1-2H3/t9-,13?/m1/s1. The number of halogens is 3. The Kier molecular flexibility index (Phi) is 4.56. The molecule has 0 fully saturated rings. The topological polar surface area (TPSA) is 35.5 Å². The van der Waals surface area contributed by atoms with Crippen molar-refractivity contribution in [2.24, 2.45) is 0 Å². The lowest BCUT2D eigenvalue weighted by Crippen LogP contribution is -2.32. The smallest absolute Gasteiger partial charge is 0.416 e. The maximum Gasteiger partial charge on any atom is 0.416 e. The lowest BCUT2D eigenvalue weighted by Gasteiger charge is -2.32. The van der Waals surface area contributed by atoms with E-state index >= 15 is 0 Å². The van der Waals surface area contributed by atoms with Gasteiger partial charge in [-0.25, -0.2) is 4.79 Å². The Balaban J connectivity index is 2.49. The Morgan fingerprint density at radius 1 is 1.38 bits per heavy atom. The Labute approximate surface area is 121 Å². The number of carbonyl (C=O) groups is 1. The quantitative estimate of drug-likeness (QED) is 0.799. The van der Waals surface area contributed by atoms with Gasteiger partial charge in [0, 0.05) is 0 Å². The van der Waals surface area contributed by atoms with Gasteiger partial charge in [0.25, 0.3) is 0 Å². The van der Waals surface area contributed by atoms with Gasteiger partial charge in [0.1, 0.15) is 0 Å². The van der Waals surface area contributed by atoms with Crippen molar-refractivity contribution in [1.82, 2.24) is 0 Å². The number of esters is 1. The Bertz CT molecular complexity index is 525. The van der Waals surface area contributed by atoms with Gasteiger partial charge in [-0.15, -0.1) is 0 Å². The predicted molar refractivity (Wildman–Crippen MR) is 69.7 cm³/mol. The highest BCUT2D eigenvalue weighted by molar-refractivity contribution is 5.77. The molecule has 3 nitrogen and oxygen atoms in total. The van der Waals surface area contributed by atoms with Gasteiger partial charge >= 0.3 is 12.1 Å². The lowest BCUT2D eigenvalue weighted by atomic mass is 9.89. The molecule has 0 spiro atoms. The number of benzene rings is 1. The van der Waals surface area contributed by atoms with Gasteiger partial charge in [-0.2, -0.15) is 13.2 Å². The van der Waals surface area contributed by atoms with E-state index in [0.29, 0.717) is 6.42 Å². The minimum atomic E-state index is -4.44. The number of ether oxygens (including phenoxy) is 2. The van der Waals surface area contributed by atoms with E-state index in [2.05, 4.69) is 0 Å². The molecule has 2 atom stereocenters. The summed E-state index contributed by atoms with van der Waals surface area (Å²) in [5.74, 6) is -0.642. The summed E-state index contributed by atoms with van der Waals surface area (Å²) in [4.78, 5) is 12.0. The Morgan fingerprint density at radius 2 is 2.10 bits per heavy atom. The first-order valence-corrected chi connectivity index (χ1v) is 6.89. The zero-order valence-corrected chi connectivity index (χ0v) is 11.9. The Morgan fingerprint density at radius 3 is 2.67 bits per heavy atom. The van der Waals surface area contributed by atoms with Crippen LogP contribution in [-0.4, -0.2) is 18.7 Å². The van der Waals surface area contributed by atoms with E-state index in [0.717, 1.165) is 6.07 Å². The van der Waals surface area contributed by atoms with E-state index < -0.39 is 29.9 Å². The van der Waals surface area contributed by atoms with Crippen LogP contribution in [0, 0.1) is 0 Å². The molecule has 116 valence electrons. The minimum Gasteiger partial charge on any atom is -0.464 e. The van der Waals surface area contributed by atoms with Crippen LogP contribution in [0.4, 0.5) is 13.2 Å². The summed E-state index contributed by atoms with van der Waals surface area (Å²) in [6, 6.07) is 3.83. The highest BCUT2D eigenvalue weighted by Gasteiger charge is 2.40. The molecule has 1 aromatic carbocycles. The molecule has 0 amide bonds. The van der Waals surface area contributed by atoms with Crippen molar-refractivity contribution in [3.63, 3.8) is 0 Å². The van der Waals surface area contributed by atoms with E-state index in [4.69, 9.17) is 9.47 Å². The van der Waals surface area contributed by atoms with Gasteiger partial charge in [0.15, 0.2) is 6.10 Å². The second-order valence-electron chi connectivity index (χ2n) is 4.87. The molecule has 1 aromatic rings. The SMILES string of the molecule is CCOC(=O)C1O[C@H](CC)Cc2c1cccc2C(F)(F)F. The van der Waals surface area contributed by atoms with E-state index in [1.165, 1.54) is 12.1 Å². The molecular weight excluding hydrogens is 285 g/mol. The summed E-state index contributed by atoms with van der Waals surface area (Å²) < 4.78 is 49.9. The zero-order chi connectivity index (χ0) is 15.6. The van der Waals surface area contributed by atoms with Crippen molar-refractivity contribution in [2.75, 3.05) is 6.61 Å². The summed E-state index contributed by atoms with van der Waals surface area (Å²) in [5, 5.41) is 0. The van der Waals surface area contributed by atoms with Crippen LogP contribution in [0.2, 0.25) is 0 Å². The molecule has 0 saturated heterocycles. The molecule has 6 heteroatoms. The first-order valence-electron chi connectivity index (χ1n) is 6.89. The van der Waals surface area contributed by atoms with Gasteiger partial charge < -0.3 is 9.47 Å². The number of carbonyl (C=O) groups excluding carboxylic acids is 1. The summed E-state index contributed by atoms with van der Waals surface area (Å²) in [6.07, 6.45) is -5.27. The largest absolute Gasteiger partial charge is 0.464 e. The van der Waals surface area contributed by atoms with Crippen molar-refractivity contribution in [1.29, 1.82) is 0 Å². The van der Waals surface area contributed by atoms with Crippen molar-refractivity contribution >= 4 is 5.97 Å². The molecular formula is C15H17F3O3. The first kappa shape index (κ1) is 15.8. The maximum atomic E-state index is 13.1. The van der Waals surface area contributed by atoms with Crippen LogP contribution >= 0.6 is 0 Å². The average Bonchev–Trinajstić information content (AvgIpc) is 2.44. The summed E-state index contributed by atoms with van der Waals surface area (Å²) in [7, 11) is 0. The fraction of sp³-hybridized carbons (Fsp3) is 0.533. The molecule has 0 saturated carbocycles. The average molecular weight is 302 g/mol. The molecule has 0 bridgehead atoms. The molecule has 1 aliphatic heterocycles. The molecule has 21 heavy (non-hydrogen) atoms. The Hall–Kier alpha value is -1.56. The molecule has 2 rings (SSSR count). The summed E-state index contributed by atoms with van der Waals surface area (Å²) >= 11 is 0. The van der Waals surface area contributed by atoms with Gasteiger partial charge in [-0.3, -0.25) is 0 Å². The lowest BCUT2D eigenvalue weighted by molar-refractivity contribution is -0.164. The minimum absolute atomic E-state index is 0.140. The molecule has 1 aliphatic rings. The number of alkyl halides is 3. The maximum absolute atomic E-state index is 13.1. The van der Waals surface area contributed by atoms with Crippen LogP contribution in [0.3, 0.4) is 0 Å². The highest BCUT2D eigenvalue weighted by atomic mass is 19.4. The van der Waals surface area contributed by atoms with Crippen LogP contribution in [0.15, 0.2) is 18.2 Å².